The van der Waals surface area contributed by atoms with Crippen molar-refractivity contribution < 1.29 is 13.6 Å². The van der Waals surface area contributed by atoms with Crippen molar-refractivity contribution in [2.75, 3.05) is 11.1 Å². The number of nitrogens with zero attached hydrogens (tertiary/aromatic N) is 4. The zero-order valence-electron chi connectivity index (χ0n) is 9.19. The second kappa shape index (κ2) is 4.35. The third-order valence-electron chi connectivity index (χ3n) is 2.08. The first-order valence-corrected chi connectivity index (χ1v) is 4.78. The van der Waals surface area contributed by atoms with Crippen molar-refractivity contribution in [3.05, 3.63) is 29.3 Å². The topological polar surface area (TPSA) is 98.7 Å². The first-order valence-electron chi connectivity index (χ1n) is 4.78. The third kappa shape index (κ3) is 2.10. The summed E-state index contributed by atoms with van der Waals surface area (Å²) in [5.41, 5.74) is 4.14. The molecule has 0 aliphatic rings. The summed E-state index contributed by atoms with van der Waals surface area (Å²) in [6.07, 6.45) is 0. The average Bonchev–Trinajstić information content (AvgIpc) is 2.70. The minimum Gasteiger partial charge on any atom is -0.396 e. The molecule has 0 aliphatic carbocycles. The van der Waals surface area contributed by atoms with E-state index in [2.05, 4.69) is 20.7 Å². The second-order valence-corrected chi connectivity index (χ2v) is 3.38. The predicted molar refractivity (Wildman–Crippen MR) is 57.5 cm³/mol. The highest BCUT2D eigenvalue weighted by Crippen LogP contribution is 2.19. The Hall–Kier alpha value is -2.58. The van der Waals surface area contributed by atoms with Crippen LogP contribution in [0.2, 0.25) is 0 Å². The number of nitrogens with two attached hydrogens (primary N) is 1. The van der Waals surface area contributed by atoms with E-state index in [4.69, 9.17) is 5.73 Å². The van der Waals surface area contributed by atoms with Gasteiger partial charge in [0.25, 0.3) is 11.9 Å². The lowest BCUT2D eigenvalue weighted by atomic mass is 10.1. The molecule has 0 bridgehead atoms. The standard InChI is InChI=1S/C9H8F2N6O/c1-17-15-9(14-16-17)13-8(18)6-4(10)2-3-5(12)7(6)11/h2-3H,12H2,1H3,(H,13,15,18). The molecule has 0 fully saturated rings. The van der Waals surface area contributed by atoms with Crippen LogP contribution < -0.4 is 11.1 Å². The Kier molecular flexibility index (Phi) is 2.88. The van der Waals surface area contributed by atoms with Gasteiger partial charge in [-0.25, -0.2) is 8.78 Å². The molecule has 18 heavy (non-hydrogen) atoms. The highest BCUT2D eigenvalue weighted by molar-refractivity contribution is 6.04. The molecule has 3 N–H and O–H groups in total. The van der Waals surface area contributed by atoms with Crippen LogP contribution in [-0.4, -0.2) is 26.1 Å². The normalized spacial score (nSPS) is 10.4. The van der Waals surface area contributed by atoms with Crippen molar-refractivity contribution in [2.24, 2.45) is 7.05 Å². The molecule has 94 valence electrons. The maximum absolute atomic E-state index is 13.5. The molecule has 1 aromatic carbocycles. The molecular formula is C9H8F2N6O. The number of nitrogens with one attached hydrogen (secondary N) is 1. The number of aromatic nitrogens is 4. The largest absolute Gasteiger partial charge is 0.396 e. The summed E-state index contributed by atoms with van der Waals surface area (Å²) in [6.45, 7) is 0. The Morgan fingerprint density at radius 1 is 1.44 bits per heavy atom. The zero-order valence-corrected chi connectivity index (χ0v) is 9.19. The number of nitrogen functional groups attached to an aromatic ring is 1. The number of rotatable bonds is 2. The molecule has 0 atom stereocenters. The van der Waals surface area contributed by atoms with Gasteiger partial charge in [0, 0.05) is 0 Å². The summed E-state index contributed by atoms with van der Waals surface area (Å²) in [6, 6.07) is 1.93. The molecule has 0 aliphatic heterocycles. The Bertz CT molecular complexity index is 611. The number of hydrogen-bond donors (Lipinski definition) is 2. The first-order chi connectivity index (χ1) is 8.49. The highest BCUT2D eigenvalue weighted by atomic mass is 19.1. The van der Waals surface area contributed by atoms with Gasteiger partial charge in [-0.1, -0.05) is 5.10 Å². The number of anilines is 2. The molecule has 0 saturated carbocycles. The van der Waals surface area contributed by atoms with E-state index in [0.717, 1.165) is 16.9 Å². The summed E-state index contributed by atoms with van der Waals surface area (Å²) in [5, 5.41) is 12.7. The van der Waals surface area contributed by atoms with Crippen LogP contribution in [0.3, 0.4) is 0 Å². The van der Waals surface area contributed by atoms with E-state index in [1.54, 1.807) is 0 Å². The van der Waals surface area contributed by atoms with E-state index in [9.17, 15) is 13.6 Å². The van der Waals surface area contributed by atoms with Crippen LogP contribution in [0.1, 0.15) is 10.4 Å². The Balaban J connectivity index is 2.32. The number of carbonyl (C=O) groups excluding carboxylic acids is 1. The lowest BCUT2D eigenvalue weighted by molar-refractivity contribution is 0.101. The summed E-state index contributed by atoms with van der Waals surface area (Å²) in [5.74, 6) is -3.35. The van der Waals surface area contributed by atoms with Gasteiger partial charge in [0.1, 0.15) is 11.4 Å². The lowest BCUT2D eigenvalue weighted by Gasteiger charge is -2.05. The summed E-state index contributed by atoms with van der Waals surface area (Å²) in [4.78, 5) is 12.7. The van der Waals surface area contributed by atoms with E-state index >= 15 is 0 Å². The fourth-order valence-electron chi connectivity index (χ4n) is 1.27. The molecule has 1 aromatic heterocycles. The minimum absolute atomic E-state index is 0.163. The molecule has 2 aromatic rings. The Labute approximate surface area is 99.6 Å². The predicted octanol–water partition coefficient (Wildman–Crippen LogP) is 0.323. The van der Waals surface area contributed by atoms with Gasteiger partial charge in [-0.2, -0.15) is 4.80 Å². The molecule has 0 saturated heterocycles. The number of tetrazole rings is 1. The molecule has 2 rings (SSSR count). The van der Waals surface area contributed by atoms with Crippen LogP contribution in [0.15, 0.2) is 12.1 Å². The van der Waals surface area contributed by atoms with Crippen LogP contribution in [0.4, 0.5) is 20.4 Å². The van der Waals surface area contributed by atoms with Crippen LogP contribution in [0.5, 0.6) is 0 Å². The average molecular weight is 254 g/mol. The third-order valence-corrected chi connectivity index (χ3v) is 2.08. The molecular weight excluding hydrogens is 246 g/mol. The Morgan fingerprint density at radius 3 is 2.78 bits per heavy atom. The van der Waals surface area contributed by atoms with Gasteiger partial charge >= 0.3 is 0 Å². The van der Waals surface area contributed by atoms with E-state index < -0.39 is 23.1 Å². The first kappa shape index (κ1) is 11.9. The number of hydrogen-bond acceptors (Lipinski definition) is 5. The van der Waals surface area contributed by atoms with Crippen molar-refractivity contribution in [1.29, 1.82) is 0 Å². The maximum atomic E-state index is 13.5. The van der Waals surface area contributed by atoms with Crippen molar-refractivity contribution in [2.45, 2.75) is 0 Å². The van der Waals surface area contributed by atoms with Crippen molar-refractivity contribution >= 4 is 17.5 Å². The van der Waals surface area contributed by atoms with Gasteiger partial charge < -0.3 is 5.73 Å². The number of carbonyl (C=O) groups is 1. The monoisotopic (exact) mass is 254 g/mol. The lowest BCUT2D eigenvalue weighted by Crippen LogP contribution is -2.17. The van der Waals surface area contributed by atoms with Gasteiger partial charge in [0.05, 0.1) is 12.7 Å². The second-order valence-electron chi connectivity index (χ2n) is 3.38. The van der Waals surface area contributed by atoms with Crippen LogP contribution >= 0.6 is 0 Å². The molecule has 0 radical (unpaired) electrons. The fraction of sp³-hybridized carbons (Fsp3) is 0.111. The number of aryl methyl sites for hydroxylation is 1. The van der Waals surface area contributed by atoms with Crippen LogP contribution in [-0.2, 0) is 7.05 Å². The van der Waals surface area contributed by atoms with E-state index in [0.29, 0.717) is 0 Å². The van der Waals surface area contributed by atoms with Crippen molar-refractivity contribution in [3.8, 4) is 0 Å². The smallest absolute Gasteiger partial charge is 0.270 e. The summed E-state index contributed by atoms with van der Waals surface area (Å²) >= 11 is 0. The molecule has 1 heterocycles. The minimum atomic E-state index is -1.13. The summed E-state index contributed by atoms with van der Waals surface area (Å²) < 4.78 is 26.9. The van der Waals surface area contributed by atoms with Gasteiger partial charge in [-0.3, -0.25) is 10.1 Å². The molecule has 0 spiro atoms. The van der Waals surface area contributed by atoms with Crippen LogP contribution in [0, 0.1) is 11.6 Å². The SMILES string of the molecule is Cn1nnc(NC(=O)c2c(F)ccc(N)c2F)n1. The van der Waals surface area contributed by atoms with Gasteiger partial charge in [0.15, 0.2) is 5.82 Å². The van der Waals surface area contributed by atoms with E-state index in [1.165, 1.54) is 7.05 Å². The maximum Gasteiger partial charge on any atom is 0.270 e. The van der Waals surface area contributed by atoms with Crippen molar-refractivity contribution in [3.63, 3.8) is 0 Å². The van der Waals surface area contributed by atoms with Crippen molar-refractivity contribution in [1.82, 2.24) is 20.2 Å². The van der Waals surface area contributed by atoms with Gasteiger partial charge in [0.2, 0.25) is 0 Å². The molecule has 7 nitrogen and oxygen atoms in total. The van der Waals surface area contributed by atoms with Crippen LogP contribution in [0.25, 0.3) is 0 Å². The molecule has 1 amide bonds. The van der Waals surface area contributed by atoms with Gasteiger partial charge in [-0.05, 0) is 17.3 Å². The number of halogens is 2. The van der Waals surface area contributed by atoms with E-state index in [-0.39, 0.29) is 11.6 Å². The zero-order chi connectivity index (χ0) is 13.3. The van der Waals surface area contributed by atoms with Gasteiger partial charge in [-0.15, -0.1) is 5.10 Å². The number of amides is 1. The quantitative estimate of drug-likeness (QED) is 0.752. The Morgan fingerprint density at radius 2 is 2.17 bits per heavy atom. The van der Waals surface area contributed by atoms with E-state index in [1.807, 2.05) is 0 Å². The summed E-state index contributed by atoms with van der Waals surface area (Å²) in [7, 11) is 1.48. The molecule has 9 heteroatoms. The number of benzene rings is 1. The molecule has 0 unspecified atom stereocenters. The highest BCUT2D eigenvalue weighted by Gasteiger charge is 2.20. The fourth-order valence-corrected chi connectivity index (χ4v) is 1.27.